The number of nitrogens with two attached hydrogens (primary N) is 1. The van der Waals surface area contributed by atoms with Crippen molar-refractivity contribution in [3.63, 3.8) is 0 Å². The van der Waals surface area contributed by atoms with Gasteiger partial charge in [0.1, 0.15) is 16.5 Å². The number of carbonyl (C=O) groups is 1. The maximum atomic E-state index is 12.5. The zero-order valence-corrected chi connectivity index (χ0v) is 12.6. The van der Waals surface area contributed by atoms with Gasteiger partial charge in [-0.25, -0.2) is 4.98 Å². The second-order valence-corrected chi connectivity index (χ2v) is 5.48. The van der Waals surface area contributed by atoms with Crippen molar-refractivity contribution in [2.24, 2.45) is 0 Å². The molecule has 0 saturated carbocycles. The van der Waals surface area contributed by atoms with Gasteiger partial charge in [-0.05, 0) is 19.1 Å². The van der Waals surface area contributed by atoms with Gasteiger partial charge in [-0.3, -0.25) is 4.79 Å². The van der Waals surface area contributed by atoms with E-state index in [-0.39, 0.29) is 11.7 Å². The van der Waals surface area contributed by atoms with Gasteiger partial charge in [0.15, 0.2) is 5.13 Å². The summed E-state index contributed by atoms with van der Waals surface area (Å²) < 4.78 is 5.28. The Morgan fingerprint density at radius 1 is 1.50 bits per heavy atom. The smallest absolute Gasteiger partial charge is 0.268 e. The first-order valence-electron chi connectivity index (χ1n) is 6.28. The minimum absolute atomic E-state index is 0.119. The lowest BCUT2D eigenvalue weighted by molar-refractivity contribution is 0.0747. The molecule has 0 aromatic carbocycles. The number of carbonyl (C=O) groups excluding carboxylic acids is 1. The molecule has 2 aromatic heterocycles. The van der Waals surface area contributed by atoms with Gasteiger partial charge in [0.05, 0.1) is 12.8 Å². The Morgan fingerprint density at radius 3 is 2.75 bits per heavy atom. The van der Waals surface area contributed by atoms with Crippen LogP contribution in [0.5, 0.6) is 0 Å². The van der Waals surface area contributed by atoms with Gasteiger partial charge in [0.25, 0.3) is 5.91 Å². The molecular formula is C13H18N4O2S. The average Bonchev–Trinajstić information content (AvgIpc) is 3.04. The third kappa shape index (κ3) is 2.93. The van der Waals surface area contributed by atoms with Gasteiger partial charge in [0, 0.05) is 20.6 Å². The highest BCUT2D eigenvalue weighted by Crippen LogP contribution is 2.28. The van der Waals surface area contributed by atoms with Crippen molar-refractivity contribution in [1.29, 1.82) is 0 Å². The Bertz CT molecular complexity index is 577. The Balaban J connectivity index is 2.20. The molecule has 0 aliphatic rings. The monoisotopic (exact) mass is 294 g/mol. The first-order chi connectivity index (χ1) is 9.52. The van der Waals surface area contributed by atoms with E-state index in [1.54, 1.807) is 17.2 Å². The number of nitrogen functional groups attached to an aromatic ring is 1. The highest BCUT2D eigenvalue weighted by Gasteiger charge is 2.22. The van der Waals surface area contributed by atoms with E-state index in [9.17, 15) is 4.79 Å². The molecule has 2 N–H and O–H groups in total. The zero-order chi connectivity index (χ0) is 14.7. The van der Waals surface area contributed by atoms with E-state index < -0.39 is 0 Å². The molecule has 0 radical (unpaired) electrons. The normalized spacial score (nSPS) is 10.6. The van der Waals surface area contributed by atoms with Gasteiger partial charge in [-0.2, -0.15) is 0 Å². The van der Waals surface area contributed by atoms with E-state index in [2.05, 4.69) is 4.98 Å². The standard InChI is InChI=1S/C13H18N4O2S/c1-4-17(8-9-6-5-7-19-9)12(18)10-11(14)15-13(20-10)16(2)3/h5-7H,4,8,14H2,1-3H3. The minimum atomic E-state index is -0.119. The fourth-order valence-corrected chi connectivity index (χ4v) is 2.60. The summed E-state index contributed by atoms with van der Waals surface area (Å²) in [4.78, 5) is 20.7. The van der Waals surface area contributed by atoms with Crippen molar-refractivity contribution >= 4 is 28.2 Å². The van der Waals surface area contributed by atoms with Crippen molar-refractivity contribution < 1.29 is 9.21 Å². The van der Waals surface area contributed by atoms with Crippen LogP contribution >= 0.6 is 11.3 Å². The van der Waals surface area contributed by atoms with Crippen molar-refractivity contribution in [1.82, 2.24) is 9.88 Å². The summed E-state index contributed by atoms with van der Waals surface area (Å²) >= 11 is 1.30. The molecule has 2 heterocycles. The number of thiazole rings is 1. The van der Waals surface area contributed by atoms with Crippen molar-refractivity contribution in [3.05, 3.63) is 29.0 Å². The minimum Gasteiger partial charge on any atom is -0.467 e. The van der Waals surface area contributed by atoms with Gasteiger partial charge in [-0.15, -0.1) is 0 Å². The van der Waals surface area contributed by atoms with Crippen LogP contribution in [0.4, 0.5) is 10.9 Å². The largest absolute Gasteiger partial charge is 0.467 e. The number of anilines is 2. The van der Waals surface area contributed by atoms with E-state index in [0.717, 1.165) is 10.9 Å². The predicted octanol–water partition coefficient (Wildman–Crippen LogP) is 2.05. The molecular weight excluding hydrogens is 276 g/mol. The number of nitrogens with zero attached hydrogens (tertiary/aromatic N) is 3. The fourth-order valence-electron chi connectivity index (χ4n) is 1.73. The number of furan rings is 1. The van der Waals surface area contributed by atoms with Crippen LogP contribution in [0.15, 0.2) is 22.8 Å². The number of rotatable bonds is 5. The lowest BCUT2D eigenvalue weighted by atomic mass is 10.3. The van der Waals surface area contributed by atoms with E-state index in [0.29, 0.717) is 18.0 Å². The Kier molecular flexibility index (Phi) is 4.29. The summed E-state index contributed by atoms with van der Waals surface area (Å²) in [6, 6.07) is 3.65. The summed E-state index contributed by atoms with van der Waals surface area (Å²) in [5.41, 5.74) is 5.85. The third-order valence-electron chi connectivity index (χ3n) is 2.81. The Labute approximate surface area is 121 Å². The molecule has 0 aliphatic carbocycles. The molecule has 20 heavy (non-hydrogen) atoms. The van der Waals surface area contributed by atoms with Crippen LogP contribution < -0.4 is 10.6 Å². The SMILES string of the molecule is CCN(Cc1ccco1)C(=O)c1sc(N(C)C)nc1N. The summed E-state index contributed by atoms with van der Waals surface area (Å²) in [5, 5.41) is 0.722. The highest BCUT2D eigenvalue weighted by atomic mass is 32.1. The van der Waals surface area contributed by atoms with Crippen LogP contribution in [-0.2, 0) is 6.54 Å². The first kappa shape index (κ1) is 14.4. The lowest BCUT2D eigenvalue weighted by Gasteiger charge is -2.18. The molecule has 0 bridgehead atoms. The molecule has 0 fully saturated rings. The van der Waals surface area contributed by atoms with E-state index in [1.807, 2.05) is 32.0 Å². The van der Waals surface area contributed by atoms with E-state index >= 15 is 0 Å². The Hall–Kier alpha value is -2.02. The quantitative estimate of drug-likeness (QED) is 0.913. The van der Waals surface area contributed by atoms with E-state index in [1.165, 1.54) is 11.3 Å². The molecule has 7 heteroatoms. The van der Waals surface area contributed by atoms with Crippen LogP contribution in [0.25, 0.3) is 0 Å². The zero-order valence-electron chi connectivity index (χ0n) is 11.8. The lowest BCUT2D eigenvalue weighted by Crippen LogP contribution is -2.30. The predicted molar refractivity (Wildman–Crippen MR) is 80.0 cm³/mol. The summed E-state index contributed by atoms with van der Waals surface area (Å²) in [6.07, 6.45) is 1.60. The highest BCUT2D eigenvalue weighted by molar-refractivity contribution is 7.18. The Morgan fingerprint density at radius 2 is 2.25 bits per heavy atom. The van der Waals surface area contributed by atoms with Crippen molar-refractivity contribution in [2.45, 2.75) is 13.5 Å². The average molecular weight is 294 g/mol. The van der Waals surface area contributed by atoms with E-state index in [4.69, 9.17) is 10.2 Å². The first-order valence-corrected chi connectivity index (χ1v) is 7.09. The van der Waals surface area contributed by atoms with Crippen LogP contribution in [0.1, 0.15) is 22.4 Å². The van der Waals surface area contributed by atoms with Gasteiger partial charge >= 0.3 is 0 Å². The summed E-state index contributed by atoms with van der Waals surface area (Å²) in [5.74, 6) is 0.907. The van der Waals surface area contributed by atoms with Gasteiger partial charge in [-0.1, -0.05) is 11.3 Å². The van der Waals surface area contributed by atoms with Crippen LogP contribution in [0.3, 0.4) is 0 Å². The second-order valence-electron chi connectivity index (χ2n) is 4.50. The van der Waals surface area contributed by atoms with Gasteiger partial charge < -0.3 is 20.0 Å². The number of amides is 1. The molecule has 0 atom stereocenters. The molecule has 0 spiro atoms. The second kappa shape index (κ2) is 5.96. The molecule has 1 amide bonds. The molecule has 0 saturated heterocycles. The summed E-state index contributed by atoms with van der Waals surface area (Å²) in [6.45, 7) is 2.93. The van der Waals surface area contributed by atoms with Gasteiger partial charge in [0.2, 0.25) is 0 Å². The number of hydrogen-bond acceptors (Lipinski definition) is 6. The molecule has 2 aromatic rings. The maximum Gasteiger partial charge on any atom is 0.268 e. The third-order valence-corrected chi connectivity index (χ3v) is 4.04. The van der Waals surface area contributed by atoms with Crippen LogP contribution in [-0.4, -0.2) is 36.4 Å². The summed E-state index contributed by atoms with van der Waals surface area (Å²) in [7, 11) is 3.74. The number of aromatic nitrogens is 1. The molecule has 0 aliphatic heterocycles. The molecule has 0 unspecified atom stereocenters. The van der Waals surface area contributed by atoms with Crippen LogP contribution in [0, 0.1) is 0 Å². The molecule has 2 rings (SSSR count). The molecule has 6 nitrogen and oxygen atoms in total. The number of hydrogen-bond donors (Lipinski definition) is 1. The van der Waals surface area contributed by atoms with Crippen molar-refractivity contribution in [3.8, 4) is 0 Å². The van der Waals surface area contributed by atoms with Crippen molar-refractivity contribution in [2.75, 3.05) is 31.3 Å². The van der Waals surface area contributed by atoms with Crippen LogP contribution in [0.2, 0.25) is 0 Å². The fraction of sp³-hybridized carbons (Fsp3) is 0.385. The maximum absolute atomic E-state index is 12.5. The topological polar surface area (TPSA) is 75.6 Å². The molecule has 108 valence electrons.